The van der Waals surface area contributed by atoms with Crippen LogP contribution in [0, 0.1) is 17.1 Å². The van der Waals surface area contributed by atoms with Gasteiger partial charge in [0.2, 0.25) is 0 Å². The van der Waals surface area contributed by atoms with E-state index in [-0.39, 0.29) is 5.82 Å². The molecule has 0 saturated heterocycles. The van der Waals surface area contributed by atoms with E-state index in [2.05, 4.69) is 27.3 Å². The zero-order chi connectivity index (χ0) is 16.5. The van der Waals surface area contributed by atoms with E-state index in [1.54, 1.807) is 6.07 Å². The Labute approximate surface area is 144 Å². The van der Waals surface area contributed by atoms with Gasteiger partial charge in [0.05, 0.1) is 12.7 Å². The van der Waals surface area contributed by atoms with E-state index in [1.807, 2.05) is 24.3 Å². The molecule has 0 fully saturated rings. The van der Waals surface area contributed by atoms with Crippen molar-refractivity contribution in [1.29, 1.82) is 5.26 Å². The number of nitriles is 1. The third-order valence-electron chi connectivity index (χ3n) is 3.25. The summed E-state index contributed by atoms with van der Waals surface area (Å²) in [5.74, 6) is 0.562. The van der Waals surface area contributed by atoms with E-state index < -0.39 is 0 Å². The Kier molecular flexibility index (Phi) is 7.05. The summed E-state index contributed by atoms with van der Waals surface area (Å²) in [6, 6.07) is 14.6. The van der Waals surface area contributed by atoms with Gasteiger partial charge in [-0.05, 0) is 47.9 Å². The zero-order valence-electron chi connectivity index (χ0n) is 12.7. The lowest BCUT2D eigenvalue weighted by Gasteiger charge is -2.09. The van der Waals surface area contributed by atoms with Crippen LogP contribution >= 0.6 is 15.9 Å². The van der Waals surface area contributed by atoms with Crippen LogP contribution in [0.15, 0.2) is 46.9 Å². The highest BCUT2D eigenvalue weighted by molar-refractivity contribution is 9.10. The molecule has 0 aromatic heterocycles. The van der Waals surface area contributed by atoms with Crippen molar-refractivity contribution in [2.75, 3.05) is 6.61 Å². The van der Waals surface area contributed by atoms with Crippen molar-refractivity contribution in [3.8, 4) is 11.8 Å². The highest BCUT2D eigenvalue weighted by Gasteiger charge is 2.02. The largest absolute Gasteiger partial charge is 0.494 e. The molecule has 3 nitrogen and oxygen atoms in total. The van der Waals surface area contributed by atoms with Gasteiger partial charge in [-0.15, -0.1) is 0 Å². The standard InChI is InChI=1S/C18H18BrFN2O/c19-18-7-6-16(20)11-15(18)13-22-12-14-4-3-5-17(10-14)23-9-2-1-8-21/h3-7,10-11,22H,1-2,9,12-13H2. The van der Waals surface area contributed by atoms with E-state index in [0.29, 0.717) is 26.1 Å². The normalized spacial score (nSPS) is 10.3. The number of nitrogens with one attached hydrogen (secondary N) is 1. The monoisotopic (exact) mass is 376 g/mol. The second kappa shape index (κ2) is 9.29. The Hall–Kier alpha value is -1.90. The number of rotatable bonds is 8. The number of benzene rings is 2. The molecule has 0 radical (unpaired) electrons. The van der Waals surface area contributed by atoms with Crippen molar-refractivity contribution in [3.05, 3.63) is 63.9 Å². The molecular weight excluding hydrogens is 359 g/mol. The molecule has 2 rings (SSSR count). The Morgan fingerprint density at radius 2 is 2.04 bits per heavy atom. The molecule has 0 unspecified atom stereocenters. The first-order valence-corrected chi connectivity index (χ1v) is 8.21. The minimum absolute atomic E-state index is 0.238. The third-order valence-corrected chi connectivity index (χ3v) is 4.03. The Morgan fingerprint density at radius 1 is 1.17 bits per heavy atom. The fraction of sp³-hybridized carbons (Fsp3) is 0.278. The first-order chi connectivity index (χ1) is 11.2. The second-order valence-electron chi connectivity index (χ2n) is 5.10. The lowest BCUT2D eigenvalue weighted by atomic mass is 10.2. The zero-order valence-corrected chi connectivity index (χ0v) is 14.3. The summed E-state index contributed by atoms with van der Waals surface area (Å²) in [4.78, 5) is 0. The van der Waals surface area contributed by atoms with E-state index in [9.17, 15) is 4.39 Å². The number of unbranched alkanes of at least 4 members (excludes halogenated alkanes) is 1. The molecule has 0 aliphatic heterocycles. The van der Waals surface area contributed by atoms with Crippen molar-refractivity contribution < 1.29 is 9.13 Å². The summed E-state index contributed by atoms with van der Waals surface area (Å²) in [7, 11) is 0. The van der Waals surface area contributed by atoms with Crippen LogP contribution in [0.25, 0.3) is 0 Å². The summed E-state index contributed by atoms with van der Waals surface area (Å²) in [5, 5.41) is 11.8. The van der Waals surface area contributed by atoms with E-state index in [0.717, 1.165) is 27.8 Å². The summed E-state index contributed by atoms with van der Waals surface area (Å²) < 4.78 is 19.7. The molecule has 1 N–H and O–H groups in total. The summed E-state index contributed by atoms with van der Waals surface area (Å²) in [6.07, 6.45) is 1.23. The molecule has 2 aromatic carbocycles. The fourth-order valence-corrected chi connectivity index (χ4v) is 2.49. The van der Waals surface area contributed by atoms with Crippen molar-refractivity contribution in [1.82, 2.24) is 5.32 Å². The highest BCUT2D eigenvalue weighted by Crippen LogP contribution is 2.18. The molecule has 0 aliphatic rings. The van der Waals surface area contributed by atoms with Crippen molar-refractivity contribution in [3.63, 3.8) is 0 Å². The third kappa shape index (κ3) is 6.01. The molecule has 0 saturated carbocycles. The average Bonchev–Trinajstić information content (AvgIpc) is 2.55. The molecule has 0 aliphatic carbocycles. The van der Waals surface area contributed by atoms with Gasteiger partial charge in [0.15, 0.2) is 0 Å². The Balaban J connectivity index is 1.83. The van der Waals surface area contributed by atoms with Crippen LogP contribution < -0.4 is 10.1 Å². The predicted molar refractivity (Wildman–Crippen MR) is 91.4 cm³/mol. The smallest absolute Gasteiger partial charge is 0.123 e. The molecule has 0 bridgehead atoms. The van der Waals surface area contributed by atoms with Gasteiger partial charge in [-0.3, -0.25) is 0 Å². The van der Waals surface area contributed by atoms with Gasteiger partial charge in [-0.25, -0.2) is 4.39 Å². The molecule has 5 heteroatoms. The maximum absolute atomic E-state index is 13.2. The van der Waals surface area contributed by atoms with E-state index in [4.69, 9.17) is 10.00 Å². The molecule has 2 aromatic rings. The number of ether oxygens (including phenoxy) is 1. The second-order valence-corrected chi connectivity index (χ2v) is 5.95. The average molecular weight is 377 g/mol. The van der Waals surface area contributed by atoms with Crippen LogP contribution in [0.2, 0.25) is 0 Å². The highest BCUT2D eigenvalue weighted by atomic mass is 79.9. The van der Waals surface area contributed by atoms with E-state index in [1.165, 1.54) is 12.1 Å². The van der Waals surface area contributed by atoms with E-state index >= 15 is 0 Å². The van der Waals surface area contributed by atoms with Crippen LogP contribution in [-0.4, -0.2) is 6.61 Å². The van der Waals surface area contributed by atoms with Gasteiger partial charge in [0.1, 0.15) is 11.6 Å². The number of hydrogen-bond donors (Lipinski definition) is 1. The van der Waals surface area contributed by atoms with Crippen LogP contribution in [0.3, 0.4) is 0 Å². The number of halogens is 2. The molecule has 0 atom stereocenters. The number of hydrogen-bond acceptors (Lipinski definition) is 3. The van der Waals surface area contributed by atoms with Gasteiger partial charge in [-0.1, -0.05) is 28.1 Å². The van der Waals surface area contributed by atoms with Gasteiger partial charge < -0.3 is 10.1 Å². The van der Waals surface area contributed by atoms with Crippen molar-refractivity contribution in [2.24, 2.45) is 0 Å². The Morgan fingerprint density at radius 3 is 2.87 bits per heavy atom. The van der Waals surface area contributed by atoms with Crippen LogP contribution in [0.4, 0.5) is 4.39 Å². The Bertz CT molecular complexity index is 685. The SMILES string of the molecule is N#CCCCOc1cccc(CNCc2cc(F)ccc2Br)c1. The predicted octanol–water partition coefficient (Wildman–Crippen LogP) is 4.56. The molecule has 0 amide bonds. The quantitative estimate of drug-likeness (QED) is 0.686. The van der Waals surface area contributed by atoms with Gasteiger partial charge >= 0.3 is 0 Å². The van der Waals surface area contributed by atoms with Crippen molar-refractivity contribution in [2.45, 2.75) is 25.9 Å². The maximum Gasteiger partial charge on any atom is 0.123 e. The lowest BCUT2D eigenvalue weighted by Crippen LogP contribution is -2.13. The minimum atomic E-state index is -0.238. The summed E-state index contributed by atoms with van der Waals surface area (Å²) in [6.45, 7) is 1.78. The van der Waals surface area contributed by atoms with Crippen LogP contribution in [-0.2, 0) is 13.1 Å². The molecule has 23 heavy (non-hydrogen) atoms. The fourth-order valence-electron chi connectivity index (χ4n) is 2.11. The molecular formula is C18H18BrFN2O. The molecule has 0 spiro atoms. The number of nitrogens with zero attached hydrogens (tertiary/aromatic N) is 1. The molecule has 0 heterocycles. The molecule has 120 valence electrons. The lowest BCUT2D eigenvalue weighted by molar-refractivity contribution is 0.312. The maximum atomic E-state index is 13.2. The van der Waals surface area contributed by atoms with Crippen molar-refractivity contribution >= 4 is 15.9 Å². The first-order valence-electron chi connectivity index (χ1n) is 7.42. The summed E-state index contributed by atoms with van der Waals surface area (Å²) in [5.41, 5.74) is 1.98. The minimum Gasteiger partial charge on any atom is -0.494 e. The van der Waals surface area contributed by atoms with Gasteiger partial charge in [0.25, 0.3) is 0 Å². The van der Waals surface area contributed by atoms with Crippen LogP contribution in [0.5, 0.6) is 5.75 Å². The van der Waals surface area contributed by atoms with Gasteiger partial charge in [0, 0.05) is 24.0 Å². The van der Waals surface area contributed by atoms with Crippen LogP contribution in [0.1, 0.15) is 24.0 Å². The topological polar surface area (TPSA) is 45.0 Å². The van der Waals surface area contributed by atoms with Gasteiger partial charge in [-0.2, -0.15) is 5.26 Å². The summed E-state index contributed by atoms with van der Waals surface area (Å²) >= 11 is 3.42. The first kappa shape index (κ1) is 17.5.